The Bertz CT molecular complexity index is 3780. The summed E-state index contributed by atoms with van der Waals surface area (Å²) in [6.45, 7) is 6.45. The third-order valence-electron chi connectivity index (χ3n) is 12.8. The van der Waals surface area contributed by atoms with Crippen molar-refractivity contribution in [1.82, 2.24) is 24.5 Å². The van der Waals surface area contributed by atoms with Gasteiger partial charge in [-0.15, -0.1) is 0 Å². The highest BCUT2D eigenvalue weighted by Gasteiger charge is 2.23. The maximum Gasteiger partial charge on any atom is 0.166 e. The summed E-state index contributed by atoms with van der Waals surface area (Å²) in [6.07, 6.45) is 5.99. The Morgan fingerprint density at radius 1 is 0.478 bits per heavy atom. The Hall–Kier alpha value is -9.26. The van der Waals surface area contributed by atoms with E-state index in [-0.39, 0.29) is 0 Å². The standard InChI is InChI=1S/C63H43N5O/c1-3-42(38-53-41(2)69-57-34-33-56-58(59(53)57)52-31-19-20-32-55(52)68(56)51-29-17-8-18-30-51)60-54(63-66-61(45-25-13-6-14-26-45)65-62(67-63)46-27-15-7-16-28-46)39-50(40-64-60)49-36-47(43-21-9-4-10-22-43)35-48(37-49)44-23-11-5-12-24-44/h3-40H,1H2,2H3/b42-38+. The molecular weight excluding hydrogens is 843 g/mol. The third kappa shape index (κ3) is 7.60. The molecule has 8 aromatic carbocycles. The Kier molecular flexibility index (Phi) is 10.5. The molecule has 326 valence electrons. The van der Waals surface area contributed by atoms with Crippen LogP contribution >= 0.6 is 0 Å². The Balaban J connectivity index is 1.12. The van der Waals surface area contributed by atoms with Crippen LogP contribution in [0.1, 0.15) is 17.0 Å². The molecule has 12 aromatic rings. The van der Waals surface area contributed by atoms with Gasteiger partial charge < -0.3 is 8.98 Å². The van der Waals surface area contributed by atoms with Gasteiger partial charge in [-0.3, -0.25) is 4.98 Å². The van der Waals surface area contributed by atoms with Crippen molar-refractivity contribution in [3.63, 3.8) is 0 Å². The van der Waals surface area contributed by atoms with Gasteiger partial charge in [0.05, 0.1) is 16.7 Å². The summed E-state index contributed by atoms with van der Waals surface area (Å²) in [5, 5.41) is 3.28. The highest BCUT2D eigenvalue weighted by Crippen LogP contribution is 2.43. The van der Waals surface area contributed by atoms with E-state index in [1.54, 1.807) is 0 Å². The second-order valence-corrected chi connectivity index (χ2v) is 17.1. The molecule has 0 spiro atoms. The number of hydrogen-bond donors (Lipinski definition) is 0. The minimum absolute atomic E-state index is 0.490. The highest BCUT2D eigenvalue weighted by atomic mass is 16.3. The molecule has 0 aliphatic carbocycles. The molecule has 0 radical (unpaired) electrons. The molecule has 0 N–H and O–H groups in total. The van der Waals surface area contributed by atoms with Crippen molar-refractivity contribution in [2.45, 2.75) is 6.92 Å². The first-order valence-electron chi connectivity index (χ1n) is 23.1. The van der Waals surface area contributed by atoms with Crippen LogP contribution < -0.4 is 0 Å². The molecule has 6 nitrogen and oxygen atoms in total. The summed E-state index contributed by atoms with van der Waals surface area (Å²) >= 11 is 0. The first kappa shape index (κ1) is 41.2. The fourth-order valence-corrected chi connectivity index (χ4v) is 9.54. The number of pyridine rings is 1. The number of allylic oxidation sites excluding steroid dienone is 2. The number of rotatable bonds is 10. The molecule has 0 saturated heterocycles. The monoisotopic (exact) mass is 885 g/mol. The number of para-hydroxylation sites is 2. The predicted molar refractivity (Wildman–Crippen MR) is 284 cm³/mol. The third-order valence-corrected chi connectivity index (χ3v) is 12.8. The summed E-state index contributed by atoms with van der Waals surface area (Å²) in [6, 6.07) is 73.4. The van der Waals surface area contributed by atoms with Crippen LogP contribution in [0.15, 0.2) is 236 Å². The molecular formula is C63H43N5O. The first-order chi connectivity index (χ1) is 34.1. The largest absolute Gasteiger partial charge is 0.461 e. The summed E-state index contributed by atoms with van der Waals surface area (Å²) in [5.41, 5.74) is 15.4. The van der Waals surface area contributed by atoms with Crippen LogP contribution in [0.3, 0.4) is 0 Å². The van der Waals surface area contributed by atoms with Gasteiger partial charge in [0, 0.05) is 61.4 Å². The second kappa shape index (κ2) is 17.5. The lowest BCUT2D eigenvalue weighted by Crippen LogP contribution is -2.03. The summed E-state index contributed by atoms with van der Waals surface area (Å²) in [7, 11) is 0. The molecule has 0 aliphatic rings. The lowest BCUT2D eigenvalue weighted by molar-refractivity contribution is 0.577. The van der Waals surface area contributed by atoms with Gasteiger partial charge in [-0.05, 0) is 95.4 Å². The average molecular weight is 886 g/mol. The van der Waals surface area contributed by atoms with Crippen LogP contribution in [-0.4, -0.2) is 24.5 Å². The molecule has 0 bridgehead atoms. The molecule has 12 rings (SSSR count). The number of aryl methyl sites for hydroxylation is 1. The normalized spacial score (nSPS) is 11.7. The van der Waals surface area contributed by atoms with Crippen molar-refractivity contribution in [3.8, 4) is 73.2 Å². The van der Waals surface area contributed by atoms with Crippen molar-refractivity contribution in [2.75, 3.05) is 0 Å². The molecule has 6 heteroatoms. The van der Waals surface area contributed by atoms with Gasteiger partial charge in [0.2, 0.25) is 0 Å². The number of nitrogens with zero attached hydrogens (tertiary/aromatic N) is 5. The predicted octanol–water partition coefficient (Wildman–Crippen LogP) is 16.1. The summed E-state index contributed by atoms with van der Waals surface area (Å²) in [5.74, 6) is 2.40. The number of furan rings is 1. The van der Waals surface area contributed by atoms with Gasteiger partial charge in [-0.25, -0.2) is 15.0 Å². The van der Waals surface area contributed by atoms with Crippen molar-refractivity contribution in [1.29, 1.82) is 0 Å². The van der Waals surface area contributed by atoms with Crippen molar-refractivity contribution < 1.29 is 4.42 Å². The van der Waals surface area contributed by atoms with E-state index in [1.807, 2.05) is 92.0 Å². The van der Waals surface area contributed by atoms with Crippen LogP contribution in [0.25, 0.3) is 118 Å². The van der Waals surface area contributed by atoms with Gasteiger partial charge >= 0.3 is 0 Å². The quantitative estimate of drug-likeness (QED) is 0.128. The fraction of sp³-hybridized carbons (Fsp3) is 0.0159. The topological polar surface area (TPSA) is 69.6 Å². The first-order valence-corrected chi connectivity index (χ1v) is 23.1. The lowest BCUT2D eigenvalue weighted by atomic mass is 9.92. The van der Waals surface area contributed by atoms with Crippen molar-refractivity contribution >= 4 is 44.4 Å². The van der Waals surface area contributed by atoms with Crippen LogP contribution in [0.5, 0.6) is 0 Å². The number of aromatic nitrogens is 5. The van der Waals surface area contributed by atoms with E-state index in [1.165, 1.54) is 0 Å². The summed E-state index contributed by atoms with van der Waals surface area (Å²) in [4.78, 5) is 21.0. The average Bonchev–Trinajstić information content (AvgIpc) is 3.94. The Morgan fingerprint density at radius 3 is 1.57 bits per heavy atom. The number of fused-ring (bicyclic) bond motifs is 5. The van der Waals surface area contributed by atoms with Gasteiger partial charge in [0.15, 0.2) is 17.5 Å². The molecule has 4 heterocycles. The molecule has 0 amide bonds. The van der Waals surface area contributed by atoms with Gasteiger partial charge in [0.1, 0.15) is 11.3 Å². The van der Waals surface area contributed by atoms with Crippen LogP contribution in [0.4, 0.5) is 0 Å². The van der Waals surface area contributed by atoms with Gasteiger partial charge in [-0.2, -0.15) is 0 Å². The van der Waals surface area contributed by atoms with E-state index in [0.29, 0.717) is 23.2 Å². The van der Waals surface area contributed by atoms with Crippen molar-refractivity contribution in [3.05, 3.63) is 248 Å². The zero-order valence-electron chi connectivity index (χ0n) is 37.8. The van der Waals surface area contributed by atoms with E-state index in [9.17, 15) is 0 Å². The molecule has 0 unspecified atom stereocenters. The maximum absolute atomic E-state index is 6.63. The van der Waals surface area contributed by atoms with Crippen molar-refractivity contribution in [2.24, 2.45) is 0 Å². The van der Waals surface area contributed by atoms with E-state index in [2.05, 4.69) is 157 Å². The second-order valence-electron chi connectivity index (χ2n) is 17.1. The van der Waals surface area contributed by atoms with E-state index in [0.717, 1.165) is 105 Å². The zero-order valence-corrected chi connectivity index (χ0v) is 37.8. The molecule has 0 saturated carbocycles. The Labute approximate surface area is 399 Å². The van der Waals surface area contributed by atoms with Crippen LogP contribution in [-0.2, 0) is 0 Å². The highest BCUT2D eigenvalue weighted by molar-refractivity contribution is 6.23. The maximum atomic E-state index is 6.63. The minimum atomic E-state index is 0.490. The van der Waals surface area contributed by atoms with Gasteiger partial charge in [-0.1, -0.05) is 170 Å². The molecule has 0 atom stereocenters. The molecule has 69 heavy (non-hydrogen) atoms. The molecule has 0 aliphatic heterocycles. The van der Waals surface area contributed by atoms with E-state index >= 15 is 0 Å². The van der Waals surface area contributed by atoms with Gasteiger partial charge in [0.25, 0.3) is 0 Å². The Morgan fingerprint density at radius 2 is 0.986 bits per heavy atom. The van der Waals surface area contributed by atoms with Crippen LogP contribution in [0, 0.1) is 6.92 Å². The van der Waals surface area contributed by atoms with E-state index < -0.39 is 0 Å². The fourth-order valence-electron chi connectivity index (χ4n) is 9.54. The smallest absolute Gasteiger partial charge is 0.166 e. The molecule has 4 aromatic heterocycles. The minimum Gasteiger partial charge on any atom is -0.461 e. The summed E-state index contributed by atoms with van der Waals surface area (Å²) < 4.78 is 8.96. The van der Waals surface area contributed by atoms with E-state index in [4.69, 9.17) is 24.4 Å². The zero-order chi connectivity index (χ0) is 46.3. The lowest BCUT2D eigenvalue weighted by Gasteiger charge is -2.15. The number of benzene rings is 8. The SMILES string of the molecule is C=C/C(=C\c1c(C)oc2ccc3c(c4ccccc4n3-c3ccccc3)c12)c1ncc(-c2cc(-c3ccccc3)cc(-c3ccccc3)c2)cc1-c1nc(-c2ccccc2)nc(-c2ccccc2)n1. The molecule has 0 fully saturated rings. The number of hydrogen-bond acceptors (Lipinski definition) is 5. The van der Waals surface area contributed by atoms with Crippen LogP contribution in [0.2, 0.25) is 0 Å².